The highest BCUT2D eigenvalue weighted by atomic mass is 19.1. The molecule has 0 spiro atoms. The fourth-order valence-electron chi connectivity index (χ4n) is 2.41. The van der Waals surface area contributed by atoms with Gasteiger partial charge in [0.1, 0.15) is 5.82 Å². The highest BCUT2D eigenvalue weighted by molar-refractivity contribution is 5.77. The summed E-state index contributed by atoms with van der Waals surface area (Å²) in [5.74, 6) is -0.0964. The van der Waals surface area contributed by atoms with Gasteiger partial charge in [-0.2, -0.15) is 0 Å². The molecular weight excluding hydrogens is 205 g/mol. The van der Waals surface area contributed by atoms with Crippen LogP contribution in [0.5, 0.6) is 0 Å². The molecule has 0 saturated carbocycles. The van der Waals surface area contributed by atoms with Crippen LogP contribution in [0, 0.1) is 5.82 Å². The van der Waals surface area contributed by atoms with Gasteiger partial charge in [-0.1, -0.05) is 25.1 Å². The Hall–Kier alpha value is -1.38. The number of hydrogen-bond acceptors (Lipinski definition) is 1. The third kappa shape index (κ3) is 1.82. The number of piperidine rings is 1. The van der Waals surface area contributed by atoms with Gasteiger partial charge in [0.25, 0.3) is 0 Å². The molecule has 1 aliphatic rings. The SMILES string of the molecule is CCC1(c2ccccc2F)CCC(=O)NC1. The zero-order chi connectivity index (χ0) is 11.6. The Bertz CT molecular complexity index is 393. The fourth-order valence-corrected chi connectivity index (χ4v) is 2.41. The Balaban J connectivity index is 2.35. The largest absolute Gasteiger partial charge is 0.355 e. The second-order valence-corrected chi connectivity index (χ2v) is 4.39. The predicted molar refractivity (Wildman–Crippen MR) is 60.6 cm³/mol. The molecule has 3 heteroatoms. The monoisotopic (exact) mass is 221 g/mol. The van der Waals surface area contributed by atoms with Crippen LogP contribution in [-0.2, 0) is 10.2 Å². The summed E-state index contributed by atoms with van der Waals surface area (Å²) in [4.78, 5) is 11.2. The number of halogens is 1. The summed E-state index contributed by atoms with van der Waals surface area (Å²) in [7, 11) is 0. The van der Waals surface area contributed by atoms with Crippen molar-refractivity contribution in [3.63, 3.8) is 0 Å². The lowest BCUT2D eigenvalue weighted by Gasteiger charge is -2.37. The van der Waals surface area contributed by atoms with Crippen LogP contribution in [-0.4, -0.2) is 12.5 Å². The second-order valence-electron chi connectivity index (χ2n) is 4.39. The normalized spacial score (nSPS) is 25.2. The number of hydrogen-bond donors (Lipinski definition) is 1. The molecule has 1 aromatic carbocycles. The van der Waals surface area contributed by atoms with E-state index in [1.807, 2.05) is 19.1 Å². The maximum absolute atomic E-state index is 13.8. The Labute approximate surface area is 94.9 Å². The minimum atomic E-state index is -0.223. The summed E-state index contributed by atoms with van der Waals surface area (Å²) in [5, 5.41) is 2.84. The molecule has 1 atom stereocenters. The van der Waals surface area contributed by atoms with Gasteiger partial charge in [0.05, 0.1) is 0 Å². The van der Waals surface area contributed by atoms with Crippen LogP contribution in [0.1, 0.15) is 31.7 Å². The molecule has 1 saturated heterocycles. The van der Waals surface area contributed by atoms with Crippen molar-refractivity contribution >= 4 is 5.91 Å². The zero-order valence-corrected chi connectivity index (χ0v) is 9.42. The van der Waals surface area contributed by atoms with Gasteiger partial charge in [0, 0.05) is 18.4 Å². The van der Waals surface area contributed by atoms with Crippen molar-refractivity contribution in [3.8, 4) is 0 Å². The third-order valence-corrected chi connectivity index (χ3v) is 3.58. The summed E-state index contributed by atoms with van der Waals surface area (Å²) in [5.41, 5.74) is 0.511. The molecule has 2 nitrogen and oxygen atoms in total. The summed E-state index contributed by atoms with van der Waals surface area (Å²) in [6.07, 6.45) is 2.06. The van der Waals surface area contributed by atoms with E-state index < -0.39 is 0 Å². The molecule has 1 heterocycles. The maximum Gasteiger partial charge on any atom is 0.220 e. The van der Waals surface area contributed by atoms with E-state index in [2.05, 4.69) is 5.32 Å². The number of amides is 1. The van der Waals surface area contributed by atoms with Gasteiger partial charge in [-0.25, -0.2) is 4.39 Å². The smallest absolute Gasteiger partial charge is 0.220 e. The standard InChI is InChI=1S/C13H16FNO/c1-2-13(8-7-12(16)15-9-13)10-5-3-4-6-11(10)14/h3-6H,2,7-9H2,1H3,(H,15,16). The number of carbonyl (C=O) groups excluding carboxylic acids is 1. The van der Waals surface area contributed by atoms with Crippen LogP contribution in [0.15, 0.2) is 24.3 Å². The molecule has 0 aliphatic carbocycles. The maximum atomic E-state index is 13.8. The first kappa shape index (κ1) is 11.1. The van der Waals surface area contributed by atoms with Gasteiger partial charge < -0.3 is 5.32 Å². The molecule has 1 amide bonds. The molecule has 1 N–H and O–H groups in total. The molecule has 2 rings (SSSR count). The molecule has 0 aromatic heterocycles. The molecule has 1 aromatic rings. The molecule has 1 aliphatic heterocycles. The Morgan fingerprint density at radius 2 is 2.19 bits per heavy atom. The van der Waals surface area contributed by atoms with Crippen molar-refractivity contribution in [1.82, 2.24) is 5.32 Å². The molecule has 1 unspecified atom stereocenters. The van der Waals surface area contributed by atoms with Gasteiger partial charge in [-0.05, 0) is 24.5 Å². The number of carbonyl (C=O) groups is 1. The minimum Gasteiger partial charge on any atom is -0.355 e. The van der Waals surface area contributed by atoms with Gasteiger partial charge in [-0.15, -0.1) is 0 Å². The van der Waals surface area contributed by atoms with E-state index in [9.17, 15) is 9.18 Å². The molecule has 16 heavy (non-hydrogen) atoms. The second kappa shape index (κ2) is 4.24. The average Bonchev–Trinajstić information content (AvgIpc) is 2.32. The van der Waals surface area contributed by atoms with Crippen LogP contribution in [0.25, 0.3) is 0 Å². The van der Waals surface area contributed by atoms with Crippen molar-refractivity contribution < 1.29 is 9.18 Å². The highest BCUT2D eigenvalue weighted by Crippen LogP contribution is 2.35. The highest BCUT2D eigenvalue weighted by Gasteiger charge is 2.36. The average molecular weight is 221 g/mol. The Kier molecular flexibility index (Phi) is 2.95. The van der Waals surface area contributed by atoms with Crippen molar-refractivity contribution in [2.75, 3.05) is 6.54 Å². The number of benzene rings is 1. The molecule has 1 fully saturated rings. The van der Waals surface area contributed by atoms with Crippen molar-refractivity contribution in [2.45, 2.75) is 31.6 Å². The quantitative estimate of drug-likeness (QED) is 0.816. The van der Waals surface area contributed by atoms with Gasteiger partial charge >= 0.3 is 0 Å². The Morgan fingerprint density at radius 3 is 2.75 bits per heavy atom. The number of rotatable bonds is 2. The number of nitrogens with one attached hydrogen (secondary N) is 1. The first-order valence-corrected chi connectivity index (χ1v) is 5.70. The summed E-state index contributed by atoms with van der Waals surface area (Å²) < 4.78 is 13.8. The van der Waals surface area contributed by atoms with E-state index in [0.717, 1.165) is 18.4 Å². The fraction of sp³-hybridized carbons (Fsp3) is 0.462. The summed E-state index contributed by atoms with van der Waals surface area (Å²) >= 11 is 0. The van der Waals surface area contributed by atoms with Crippen LogP contribution in [0.3, 0.4) is 0 Å². The van der Waals surface area contributed by atoms with Crippen molar-refractivity contribution in [1.29, 1.82) is 0 Å². The van der Waals surface area contributed by atoms with Crippen LogP contribution >= 0.6 is 0 Å². The van der Waals surface area contributed by atoms with Crippen LogP contribution < -0.4 is 5.32 Å². The summed E-state index contributed by atoms with van der Waals surface area (Å²) in [6.45, 7) is 2.59. The zero-order valence-electron chi connectivity index (χ0n) is 9.42. The van der Waals surface area contributed by atoms with Crippen LogP contribution in [0.4, 0.5) is 4.39 Å². The first-order chi connectivity index (χ1) is 7.68. The van der Waals surface area contributed by atoms with Gasteiger partial charge in [0.2, 0.25) is 5.91 Å². The molecular formula is C13H16FNO. The van der Waals surface area contributed by atoms with Crippen molar-refractivity contribution in [3.05, 3.63) is 35.6 Å². The molecule has 0 bridgehead atoms. The lowest BCUT2D eigenvalue weighted by atomic mass is 9.72. The topological polar surface area (TPSA) is 29.1 Å². The minimum absolute atomic E-state index is 0.0698. The predicted octanol–water partition coefficient (Wildman–Crippen LogP) is 2.38. The Morgan fingerprint density at radius 1 is 1.44 bits per heavy atom. The lowest BCUT2D eigenvalue weighted by Crippen LogP contribution is -2.46. The van der Waals surface area contributed by atoms with E-state index in [1.165, 1.54) is 6.07 Å². The third-order valence-electron chi connectivity index (χ3n) is 3.58. The van der Waals surface area contributed by atoms with E-state index in [4.69, 9.17) is 0 Å². The van der Waals surface area contributed by atoms with Crippen molar-refractivity contribution in [2.24, 2.45) is 0 Å². The van der Waals surface area contributed by atoms with E-state index in [-0.39, 0.29) is 17.1 Å². The van der Waals surface area contributed by atoms with Gasteiger partial charge in [0.15, 0.2) is 0 Å². The van der Waals surface area contributed by atoms with Gasteiger partial charge in [-0.3, -0.25) is 4.79 Å². The van der Waals surface area contributed by atoms with E-state index in [0.29, 0.717) is 13.0 Å². The molecule has 86 valence electrons. The van der Waals surface area contributed by atoms with E-state index in [1.54, 1.807) is 6.07 Å². The van der Waals surface area contributed by atoms with E-state index >= 15 is 0 Å². The lowest BCUT2D eigenvalue weighted by molar-refractivity contribution is -0.123. The van der Waals surface area contributed by atoms with Crippen LogP contribution in [0.2, 0.25) is 0 Å². The first-order valence-electron chi connectivity index (χ1n) is 5.70. The summed E-state index contributed by atoms with van der Waals surface area (Å²) in [6, 6.07) is 6.87. The molecule has 0 radical (unpaired) electrons.